The number of carbonyl (C=O) groups excluding carboxylic acids is 1. The lowest BCUT2D eigenvalue weighted by atomic mass is 9.95. The quantitative estimate of drug-likeness (QED) is 0.688. The van der Waals surface area contributed by atoms with Gasteiger partial charge in [-0.3, -0.25) is 0 Å². The third-order valence-electron chi connectivity index (χ3n) is 2.28. The van der Waals surface area contributed by atoms with Crippen LogP contribution < -0.4 is 0 Å². The zero-order valence-corrected chi connectivity index (χ0v) is 8.80. The van der Waals surface area contributed by atoms with Crippen molar-refractivity contribution in [1.29, 1.82) is 0 Å². The smallest absolute Gasteiger partial charge is 0.415 e. The predicted octanol–water partition coefficient (Wildman–Crippen LogP) is 1.99. The molecule has 0 spiro atoms. The van der Waals surface area contributed by atoms with Gasteiger partial charge in [0.25, 0.3) is 0 Å². The largest absolute Gasteiger partial charge is 0.466 e. The summed E-state index contributed by atoms with van der Waals surface area (Å²) in [7, 11) is 2.35. The van der Waals surface area contributed by atoms with Gasteiger partial charge in [-0.15, -0.1) is 0 Å². The molecule has 1 aliphatic carbocycles. The zero-order chi connectivity index (χ0) is 12.3. The van der Waals surface area contributed by atoms with Gasteiger partial charge >= 0.3 is 12.1 Å². The van der Waals surface area contributed by atoms with Crippen LogP contribution in [-0.2, 0) is 14.3 Å². The maximum absolute atomic E-state index is 12.5. The van der Waals surface area contributed by atoms with Gasteiger partial charge in [0.2, 0.25) is 0 Å². The van der Waals surface area contributed by atoms with Crippen LogP contribution in [0.2, 0.25) is 0 Å². The topological polar surface area (TPSA) is 35.5 Å². The molecule has 0 aromatic rings. The van der Waals surface area contributed by atoms with E-state index in [4.69, 9.17) is 4.74 Å². The molecule has 1 aliphatic rings. The lowest BCUT2D eigenvalue weighted by Crippen LogP contribution is -2.29. The molecule has 0 aromatic heterocycles. The summed E-state index contributed by atoms with van der Waals surface area (Å²) in [5.41, 5.74) is -0.620. The van der Waals surface area contributed by atoms with Gasteiger partial charge in [0, 0.05) is 19.1 Å². The first-order chi connectivity index (χ1) is 7.40. The summed E-state index contributed by atoms with van der Waals surface area (Å²) in [6, 6.07) is 0. The molecule has 16 heavy (non-hydrogen) atoms. The Balaban J connectivity index is 2.98. The van der Waals surface area contributed by atoms with Crippen molar-refractivity contribution in [2.45, 2.75) is 18.7 Å². The summed E-state index contributed by atoms with van der Waals surface area (Å²) in [5, 5.41) is 0. The summed E-state index contributed by atoms with van der Waals surface area (Å²) in [6.45, 7) is 0. The number of carbonyl (C=O) groups is 1. The molecule has 90 valence electrons. The number of alkyl halides is 3. The highest BCUT2D eigenvalue weighted by Gasteiger charge is 2.40. The molecule has 0 saturated carbocycles. The average Bonchev–Trinajstić information content (AvgIpc) is 2.25. The number of allylic oxidation sites excluding steroid dienone is 2. The van der Waals surface area contributed by atoms with Gasteiger partial charge in [0.1, 0.15) is 0 Å². The van der Waals surface area contributed by atoms with Gasteiger partial charge < -0.3 is 9.47 Å². The van der Waals surface area contributed by atoms with Crippen molar-refractivity contribution in [1.82, 2.24) is 0 Å². The van der Waals surface area contributed by atoms with Crippen LogP contribution >= 0.6 is 0 Å². The minimum absolute atomic E-state index is 0.130. The molecule has 1 rings (SSSR count). The van der Waals surface area contributed by atoms with E-state index >= 15 is 0 Å². The Morgan fingerprint density at radius 3 is 2.44 bits per heavy atom. The molecule has 0 radical (unpaired) electrons. The van der Waals surface area contributed by atoms with E-state index < -0.39 is 23.8 Å². The van der Waals surface area contributed by atoms with Gasteiger partial charge in [-0.2, -0.15) is 13.2 Å². The number of methoxy groups -OCH3 is 2. The summed E-state index contributed by atoms with van der Waals surface area (Å²) in [5.74, 6) is -0.639. The van der Waals surface area contributed by atoms with Gasteiger partial charge in [-0.05, 0) is 0 Å². The molecule has 0 aromatic carbocycles. The Kier molecular flexibility index (Phi) is 3.74. The lowest BCUT2D eigenvalue weighted by Gasteiger charge is -2.24. The fourth-order valence-electron chi connectivity index (χ4n) is 1.45. The highest BCUT2D eigenvalue weighted by Crippen LogP contribution is 2.34. The molecular formula is C10H11F3O3. The molecular weight excluding hydrogens is 225 g/mol. The average molecular weight is 236 g/mol. The number of esters is 1. The SMILES string of the molecule is COC(=O)C1=CC=C(C(F)(F)F)C(OC)C1. The summed E-state index contributed by atoms with van der Waals surface area (Å²) in [4.78, 5) is 11.1. The number of rotatable bonds is 2. The van der Waals surface area contributed by atoms with E-state index in [0.717, 1.165) is 12.2 Å². The fourth-order valence-corrected chi connectivity index (χ4v) is 1.45. The van der Waals surface area contributed by atoms with E-state index in [-0.39, 0.29) is 12.0 Å². The Labute approximate surface area is 90.5 Å². The minimum atomic E-state index is -4.45. The maximum atomic E-state index is 12.5. The highest BCUT2D eigenvalue weighted by molar-refractivity contribution is 5.89. The molecule has 0 saturated heterocycles. The van der Waals surface area contributed by atoms with Crippen molar-refractivity contribution < 1.29 is 27.4 Å². The standard InChI is InChI=1S/C10H11F3O3/c1-15-8-5-6(9(14)16-2)3-4-7(8)10(11,12)13/h3-4,8H,5H2,1-2H3. The van der Waals surface area contributed by atoms with E-state index in [1.54, 1.807) is 0 Å². The second-order valence-electron chi connectivity index (χ2n) is 3.23. The van der Waals surface area contributed by atoms with Crippen LogP contribution in [0.1, 0.15) is 6.42 Å². The minimum Gasteiger partial charge on any atom is -0.466 e. The molecule has 6 heteroatoms. The molecule has 3 nitrogen and oxygen atoms in total. The van der Waals surface area contributed by atoms with E-state index in [9.17, 15) is 18.0 Å². The molecule has 0 amide bonds. The summed E-state index contributed by atoms with van der Waals surface area (Å²) < 4.78 is 46.6. The van der Waals surface area contributed by atoms with E-state index in [2.05, 4.69) is 4.74 Å². The second kappa shape index (κ2) is 4.69. The maximum Gasteiger partial charge on any atom is 0.415 e. The molecule has 0 heterocycles. The third-order valence-corrected chi connectivity index (χ3v) is 2.28. The third kappa shape index (κ3) is 2.63. The van der Waals surface area contributed by atoms with Crippen LogP contribution in [0.4, 0.5) is 13.2 Å². The van der Waals surface area contributed by atoms with Gasteiger partial charge in [-0.1, -0.05) is 12.2 Å². The number of halogens is 3. The number of hydrogen-bond donors (Lipinski definition) is 0. The summed E-state index contributed by atoms with van der Waals surface area (Å²) >= 11 is 0. The Bertz CT molecular complexity index is 342. The molecule has 0 N–H and O–H groups in total. The van der Waals surface area contributed by atoms with Crippen molar-refractivity contribution in [2.75, 3.05) is 14.2 Å². The molecule has 1 atom stereocenters. The number of hydrogen-bond acceptors (Lipinski definition) is 3. The highest BCUT2D eigenvalue weighted by atomic mass is 19.4. The monoisotopic (exact) mass is 236 g/mol. The first kappa shape index (κ1) is 12.8. The van der Waals surface area contributed by atoms with Gasteiger partial charge in [-0.25, -0.2) is 4.79 Å². The lowest BCUT2D eigenvalue weighted by molar-refractivity contribution is -0.137. The fraction of sp³-hybridized carbons (Fsp3) is 0.500. The van der Waals surface area contributed by atoms with Crippen LogP contribution in [0.3, 0.4) is 0 Å². The van der Waals surface area contributed by atoms with Crippen molar-refractivity contribution >= 4 is 5.97 Å². The van der Waals surface area contributed by atoms with E-state index in [1.165, 1.54) is 14.2 Å². The van der Waals surface area contributed by atoms with Crippen LogP contribution in [0.5, 0.6) is 0 Å². The van der Waals surface area contributed by atoms with Gasteiger partial charge in [0.05, 0.1) is 18.8 Å². The molecule has 0 fully saturated rings. The van der Waals surface area contributed by atoms with Crippen molar-refractivity contribution in [3.05, 3.63) is 23.3 Å². The normalized spacial score (nSPS) is 21.2. The van der Waals surface area contributed by atoms with Gasteiger partial charge in [0.15, 0.2) is 0 Å². The molecule has 0 aliphatic heterocycles. The second-order valence-corrected chi connectivity index (χ2v) is 3.23. The number of ether oxygens (including phenoxy) is 2. The zero-order valence-electron chi connectivity index (χ0n) is 8.80. The Morgan fingerprint density at radius 2 is 2.00 bits per heavy atom. The van der Waals surface area contributed by atoms with Crippen LogP contribution in [0.15, 0.2) is 23.3 Å². The first-order valence-electron chi connectivity index (χ1n) is 4.49. The first-order valence-corrected chi connectivity index (χ1v) is 4.49. The van der Waals surface area contributed by atoms with Crippen LogP contribution in [0.25, 0.3) is 0 Å². The Morgan fingerprint density at radius 1 is 1.38 bits per heavy atom. The molecule has 0 bridgehead atoms. The van der Waals surface area contributed by atoms with E-state index in [0.29, 0.717) is 0 Å². The van der Waals surface area contributed by atoms with Crippen molar-refractivity contribution in [2.24, 2.45) is 0 Å². The molecule has 1 unspecified atom stereocenters. The van der Waals surface area contributed by atoms with Crippen molar-refractivity contribution in [3.63, 3.8) is 0 Å². The van der Waals surface area contributed by atoms with Crippen LogP contribution in [0, 0.1) is 0 Å². The Hall–Kier alpha value is -1.30. The summed E-state index contributed by atoms with van der Waals surface area (Å²) in [6.07, 6.45) is -3.76. The predicted molar refractivity (Wildman–Crippen MR) is 49.7 cm³/mol. The van der Waals surface area contributed by atoms with Crippen LogP contribution in [-0.4, -0.2) is 32.5 Å². The van der Waals surface area contributed by atoms with Crippen molar-refractivity contribution in [3.8, 4) is 0 Å². The van der Waals surface area contributed by atoms with E-state index in [1.807, 2.05) is 0 Å².